The first-order valence-electron chi connectivity index (χ1n) is 6.22. The first kappa shape index (κ1) is 12.4. The van der Waals surface area contributed by atoms with E-state index in [9.17, 15) is 0 Å². The van der Waals surface area contributed by atoms with Crippen molar-refractivity contribution in [2.45, 2.75) is 71.2 Å². The lowest BCUT2D eigenvalue weighted by Crippen LogP contribution is -2.32. The molecule has 0 unspecified atom stereocenters. The molecule has 0 aliphatic carbocycles. The summed E-state index contributed by atoms with van der Waals surface area (Å²) in [4.78, 5) is 9.02. The number of nitrogens with zero attached hydrogens (tertiary/aromatic N) is 2. The van der Waals surface area contributed by atoms with Gasteiger partial charge in [-0.3, -0.25) is 0 Å². The Morgan fingerprint density at radius 2 is 1.24 bits per heavy atom. The molecule has 2 rings (SSSR count). The predicted molar refractivity (Wildman–Crippen MR) is 68.7 cm³/mol. The van der Waals surface area contributed by atoms with Crippen molar-refractivity contribution in [3.63, 3.8) is 0 Å². The molecule has 0 saturated heterocycles. The van der Waals surface area contributed by atoms with E-state index in [0.29, 0.717) is 6.42 Å². The predicted octanol–water partition coefficient (Wildman–Crippen LogP) is 2.57. The van der Waals surface area contributed by atoms with Crippen molar-refractivity contribution in [3.05, 3.63) is 0 Å². The Morgan fingerprint density at radius 1 is 0.882 bits per heavy atom. The molecule has 2 atom stereocenters. The van der Waals surface area contributed by atoms with E-state index in [-0.39, 0.29) is 23.3 Å². The Labute approximate surface area is 103 Å². The molecule has 0 spiro atoms. The van der Waals surface area contributed by atoms with Crippen LogP contribution in [0, 0.1) is 0 Å². The molecule has 0 saturated carbocycles. The van der Waals surface area contributed by atoms with E-state index in [1.807, 2.05) is 0 Å². The zero-order valence-corrected chi connectivity index (χ0v) is 11.6. The molecule has 0 radical (unpaired) electrons. The molecule has 0 amide bonds. The molecule has 0 N–H and O–H groups in total. The normalized spacial score (nSPS) is 33.8. The van der Waals surface area contributed by atoms with Gasteiger partial charge >= 0.3 is 0 Å². The van der Waals surface area contributed by atoms with Crippen LogP contribution in [0.2, 0.25) is 0 Å². The molecule has 2 aliphatic rings. The molecule has 0 aromatic heterocycles. The highest BCUT2D eigenvalue weighted by Crippen LogP contribution is 2.29. The zero-order chi connectivity index (χ0) is 12.8. The van der Waals surface area contributed by atoms with E-state index >= 15 is 0 Å². The highest BCUT2D eigenvalue weighted by Gasteiger charge is 2.39. The van der Waals surface area contributed by atoms with E-state index in [4.69, 9.17) is 9.47 Å². The summed E-state index contributed by atoms with van der Waals surface area (Å²) in [6.07, 6.45) is 0.571. The summed E-state index contributed by atoms with van der Waals surface area (Å²) < 4.78 is 11.6. The average Bonchev–Trinajstić information content (AvgIpc) is 2.51. The lowest BCUT2D eigenvalue weighted by molar-refractivity contribution is 0.0924. The maximum Gasteiger partial charge on any atom is 0.193 e. The minimum Gasteiger partial charge on any atom is -0.472 e. The lowest BCUT2D eigenvalue weighted by atomic mass is 10.0. The van der Waals surface area contributed by atoms with Gasteiger partial charge in [-0.25, -0.2) is 9.98 Å². The fraction of sp³-hybridized carbons (Fsp3) is 0.846. The van der Waals surface area contributed by atoms with E-state index in [2.05, 4.69) is 51.5 Å². The fourth-order valence-corrected chi connectivity index (χ4v) is 1.87. The van der Waals surface area contributed by atoms with Gasteiger partial charge in [-0.2, -0.15) is 0 Å². The van der Waals surface area contributed by atoms with Crippen molar-refractivity contribution in [1.29, 1.82) is 0 Å². The van der Waals surface area contributed by atoms with Crippen molar-refractivity contribution < 1.29 is 9.47 Å². The number of rotatable bonds is 2. The molecule has 4 nitrogen and oxygen atoms in total. The first-order chi connectivity index (χ1) is 7.71. The summed E-state index contributed by atoms with van der Waals surface area (Å²) in [5.41, 5.74) is -0.425. The van der Waals surface area contributed by atoms with E-state index in [1.54, 1.807) is 0 Å². The van der Waals surface area contributed by atoms with Crippen LogP contribution in [0.1, 0.15) is 48.0 Å². The maximum atomic E-state index is 5.82. The van der Waals surface area contributed by atoms with E-state index in [0.717, 1.165) is 11.8 Å². The third kappa shape index (κ3) is 2.31. The zero-order valence-electron chi connectivity index (χ0n) is 11.6. The van der Waals surface area contributed by atoms with Crippen LogP contribution in [0.15, 0.2) is 9.98 Å². The molecule has 0 aromatic rings. The average molecular weight is 238 g/mol. The maximum absolute atomic E-state index is 5.82. The number of hydrogen-bond acceptors (Lipinski definition) is 4. The summed E-state index contributed by atoms with van der Waals surface area (Å²) in [6.45, 7) is 12.3. The van der Waals surface area contributed by atoms with Gasteiger partial charge in [-0.05, 0) is 41.5 Å². The summed E-state index contributed by atoms with van der Waals surface area (Å²) in [5.74, 6) is 1.48. The Balaban J connectivity index is 2.01. The fourth-order valence-electron chi connectivity index (χ4n) is 1.87. The number of ether oxygens (including phenoxy) is 2. The second kappa shape index (κ2) is 3.72. The summed E-state index contributed by atoms with van der Waals surface area (Å²) in [6, 6.07) is 0.370. The highest BCUT2D eigenvalue weighted by molar-refractivity contribution is 5.98. The van der Waals surface area contributed by atoms with Gasteiger partial charge in [0, 0.05) is 0 Å². The minimum atomic E-state index is -0.213. The van der Waals surface area contributed by atoms with Gasteiger partial charge in [-0.15, -0.1) is 0 Å². The van der Waals surface area contributed by atoms with Crippen LogP contribution in [-0.2, 0) is 9.47 Å². The third-order valence-electron chi connectivity index (χ3n) is 3.75. The van der Waals surface area contributed by atoms with Crippen LogP contribution in [0.5, 0.6) is 0 Å². The van der Waals surface area contributed by atoms with Crippen molar-refractivity contribution in [2.24, 2.45) is 9.98 Å². The molecule has 2 aliphatic heterocycles. The van der Waals surface area contributed by atoms with Crippen LogP contribution < -0.4 is 0 Å². The molecule has 0 bridgehead atoms. The van der Waals surface area contributed by atoms with Gasteiger partial charge in [0.25, 0.3) is 0 Å². The smallest absolute Gasteiger partial charge is 0.193 e. The molecule has 4 heteroatoms. The SMILES string of the molecule is C[C@H]1N=C(CC2=N[C@H](C)C(C)(C)O2)OC1(C)C. The molecular weight excluding hydrogens is 216 g/mol. The molecular formula is C13H22N2O2. The quantitative estimate of drug-likeness (QED) is 0.742. The Kier molecular flexibility index (Phi) is 2.71. The topological polar surface area (TPSA) is 43.2 Å². The van der Waals surface area contributed by atoms with E-state index in [1.165, 1.54) is 0 Å². The second-order valence-corrected chi connectivity index (χ2v) is 5.99. The van der Waals surface area contributed by atoms with Crippen molar-refractivity contribution in [2.75, 3.05) is 0 Å². The lowest BCUT2D eigenvalue weighted by Gasteiger charge is -2.23. The number of hydrogen-bond donors (Lipinski definition) is 0. The first-order valence-corrected chi connectivity index (χ1v) is 6.22. The molecule has 17 heavy (non-hydrogen) atoms. The van der Waals surface area contributed by atoms with Gasteiger partial charge < -0.3 is 9.47 Å². The van der Waals surface area contributed by atoms with Crippen LogP contribution in [-0.4, -0.2) is 35.1 Å². The standard InChI is InChI=1S/C13H22N2O2/c1-8-12(3,4)16-10(14-8)7-11-15-9(2)13(5,6)17-11/h8-9H,7H2,1-6H3/t8-,9-/m1/s1. The molecule has 0 fully saturated rings. The Morgan fingerprint density at radius 3 is 1.47 bits per heavy atom. The van der Waals surface area contributed by atoms with Crippen LogP contribution in [0.4, 0.5) is 0 Å². The van der Waals surface area contributed by atoms with Crippen LogP contribution >= 0.6 is 0 Å². The van der Waals surface area contributed by atoms with Gasteiger partial charge in [0.15, 0.2) is 11.8 Å². The van der Waals surface area contributed by atoms with Crippen molar-refractivity contribution in [1.82, 2.24) is 0 Å². The Bertz CT molecular complexity index is 347. The molecule has 0 aromatic carbocycles. The third-order valence-corrected chi connectivity index (χ3v) is 3.75. The van der Waals surface area contributed by atoms with E-state index < -0.39 is 0 Å². The summed E-state index contributed by atoms with van der Waals surface area (Å²) in [5, 5.41) is 0. The monoisotopic (exact) mass is 238 g/mol. The van der Waals surface area contributed by atoms with Gasteiger partial charge in [0.2, 0.25) is 0 Å². The van der Waals surface area contributed by atoms with Gasteiger partial charge in [0.05, 0.1) is 18.5 Å². The van der Waals surface area contributed by atoms with Crippen molar-refractivity contribution >= 4 is 11.8 Å². The highest BCUT2D eigenvalue weighted by atomic mass is 16.5. The van der Waals surface area contributed by atoms with Gasteiger partial charge in [0.1, 0.15) is 11.2 Å². The van der Waals surface area contributed by atoms with Crippen molar-refractivity contribution in [3.8, 4) is 0 Å². The van der Waals surface area contributed by atoms with Gasteiger partial charge in [-0.1, -0.05) is 0 Å². The minimum absolute atomic E-state index is 0.185. The summed E-state index contributed by atoms with van der Waals surface area (Å²) in [7, 11) is 0. The molecule has 96 valence electrons. The second-order valence-electron chi connectivity index (χ2n) is 5.99. The summed E-state index contributed by atoms with van der Waals surface area (Å²) >= 11 is 0. The van der Waals surface area contributed by atoms with Crippen LogP contribution in [0.25, 0.3) is 0 Å². The van der Waals surface area contributed by atoms with Crippen LogP contribution in [0.3, 0.4) is 0 Å². The Hall–Kier alpha value is -1.06. The largest absolute Gasteiger partial charge is 0.472 e. The number of aliphatic imine (C=N–C) groups is 2. The molecule has 2 heterocycles.